The summed E-state index contributed by atoms with van der Waals surface area (Å²) in [7, 11) is 0. The fourth-order valence-electron chi connectivity index (χ4n) is 2.97. The number of nitrogens with one attached hydrogen (secondary N) is 1. The van der Waals surface area contributed by atoms with Crippen LogP contribution in [0.15, 0.2) is 16.6 Å². The number of nitrogen functional groups attached to an aromatic ring is 2. The van der Waals surface area contributed by atoms with Crippen molar-refractivity contribution in [3.05, 3.63) is 26.9 Å². The standard InChI is InChI=1S/C10H14ClN5.C4H3BrClN3/c11-9-3-8(10(12)15-14-9)16-4-6-1-2-7(5-16)13-6;5-2-1-3(6)8-9-4(2)7/h3,6-7,13H,1-2,4-5H2,(H2,12,15);1H,(H2,7,9). The fraction of sp³-hybridized carbons (Fsp3) is 0.429. The van der Waals surface area contributed by atoms with Gasteiger partial charge in [0, 0.05) is 31.2 Å². The zero-order chi connectivity index (χ0) is 18.0. The molecule has 0 aliphatic carbocycles. The first-order chi connectivity index (χ1) is 11.9. The van der Waals surface area contributed by atoms with Crippen LogP contribution in [0.25, 0.3) is 0 Å². The second kappa shape index (κ2) is 7.86. The molecule has 2 saturated heterocycles. The lowest BCUT2D eigenvalue weighted by molar-refractivity contribution is 0.466. The molecule has 4 heterocycles. The number of hydrogen-bond donors (Lipinski definition) is 3. The van der Waals surface area contributed by atoms with Gasteiger partial charge in [0.05, 0.1) is 10.2 Å². The molecule has 2 aromatic heterocycles. The van der Waals surface area contributed by atoms with Crippen LogP contribution < -0.4 is 21.7 Å². The van der Waals surface area contributed by atoms with Crippen LogP contribution in [0.3, 0.4) is 0 Å². The highest BCUT2D eigenvalue weighted by Crippen LogP contribution is 2.29. The number of halogens is 3. The Morgan fingerprint density at radius 2 is 1.52 bits per heavy atom. The summed E-state index contributed by atoms with van der Waals surface area (Å²) in [5, 5.41) is 18.9. The fourth-order valence-corrected chi connectivity index (χ4v) is 3.69. The van der Waals surface area contributed by atoms with Crippen LogP contribution in [-0.2, 0) is 0 Å². The van der Waals surface area contributed by atoms with Crippen molar-refractivity contribution in [2.75, 3.05) is 29.5 Å². The first-order valence-corrected chi connectivity index (χ1v) is 9.21. The summed E-state index contributed by atoms with van der Waals surface area (Å²) in [4.78, 5) is 2.26. The zero-order valence-electron chi connectivity index (χ0n) is 13.2. The lowest BCUT2D eigenvalue weighted by Crippen LogP contribution is -2.51. The maximum absolute atomic E-state index is 5.85. The molecule has 4 rings (SSSR count). The molecule has 0 amide bonds. The van der Waals surface area contributed by atoms with Gasteiger partial charge in [-0.15, -0.1) is 20.4 Å². The summed E-state index contributed by atoms with van der Waals surface area (Å²) in [6.45, 7) is 1.95. The first-order valence-electron chi connectivity index (χ1n) is 7.66. The van der Waals surface area contributed by atoms with Crippen molar-refractivity contribution in [2.45, 2.75) is 24.9 Å². The van der Waals surface area contributed by atoms with Crippen LogP contribution in [0.4, 0.5) is 17.3 Å². The second-order valence-electron chi connectivity index (χ2n) is 5.88. The van der Waals surface area contributed by atoms with Gasteiger partial charge in [-0.3, -0.25) is 0 Å². The number of fused-ring (bicyclic) bond motifs is 2. The summed E-state index contributed by atoms with van der Waals surface area (Å²) in [5.41, 5.74) is 12.1. The zero-order valence-corrected chi connectivity index (χ0v) is 16.3. The van der Waals surface area contributed by atoms with Crippen LogP contribution in [0.2, 0.25) is 10.3 Å². The van der Waals surface area contributed by atoms with E-state index in [-0.39, 0.29) is 0 Å². The van der Waals surface area contributed by atoms with Crippen molar-refractivity contribution < 1.29 is 0 Å². The van der Waals surface area contributed by atoms with Crippen LogP contribution in [0.5, 0.6) is 0 Å². The number of piperazine rings is 1. The molecule has 2 atom stereocenters. The molecule has 2 aromatic rings. The lowest BCUT2D eigenvalue weighted by Gasteiger charge is -2.34. The van der Waals surface area contributed by atoms with Crippen molar-refractivity contribution in [1.29, 1.82) is 0 Å². The minimum Gasteiger partial charge on any atom is -0.381 e. The van der Waals surface area contributed by atoms with Gasteiger partial charge in [0.2, 0.25) is 0 Å². The molecule has 8 nitrogen and oxygen atoms in total. The molecule has 25 heavy (non-hydrogen) atoms. The molecule has 2 fully saturated rings. The van der Waals surface area contributed by atoms with E-state index >= 15 is 0 Å². The van der Waals surface area contributed by atoms with Gasteiger partial charge in [0.25, 0.3) is 0 Å². The third kappa shape index (κ3) is 4.60. The highest BCUT2D eigenvalue weighted by molar-refractivity contribution is 9.10. The lowest BCUT2D eigenvalue weighted by atomic mass is 10.2. The molecule has 0 aromatic carbocycles. The average molecular weight is 448 g/mol. The molecule has 2 bridgehead atoms. The minimum atomic E-state index is 0.330. The normalized spacial score (nSPS) is 21.6. The highest BCUT2D eigenvalue weighted by Gasteiger charge is 2.33. The molecule has 0 radical (unpaired) electrons. The Labute approximate surface area is 163 Å². The van der Waals surface area contributed by atoms with Gasteiger partial charge in [-0.1, -0.05) is 23.2 Å². The van der Waals surface area contributed by atoms with Crippen LogP contribution in [0, 0.1) is 0 Å². The Hall–Kier alpha value is -1.42. The Morgan fingerprint density at radius 1 is 0.960 bits per heavy atom. The Morgan fingerprint density at radius 3 is 2.08 bits per heavy atom. The quantitative estimate of drug-likeness (QED) is 0.608. The average Bonchev–Trinajstić information content (AvgIpc) is 2.92. The van der Waals surface area contributed by atoms with Crippen molar-refractivity contribution in [2.24, 2.45) is 0 Å². The van der Waals surface area contributed by atoms with E-state index in [4.69, 9.17) is 34.7 Å². The SMILES string of the molecule is Nc1nnc(Cl)cc1Br.Nc1nnc(Cl)cc1N1CC2CCC(C1)N2. The van der Waals surface area contributed by atoms with Gasteiger partial charge in [0.15, 0.2) is 21.9 Å². The minimum absolute atomic E-state index is 0.330. The number of rotatable bonds is 1. The molecule has 2 aliphatic heterocycles. The van der Waals surface area contributed by atoms with Gasteiger partial charge in [-0.25, -0.2) is 0 Å². The van der Waals surface area contributed by atoms with E-state index in [1.165, 1.54) is 12.8 Å². The monoisotopic (exact) mass is 446 g/mol. The molecular weight excluding hydrogens is 431 g/mol. The summed E-state index contributed by atoms with van der Waals surface area (Å²) in [6.07, 6.45) is 2.49. The molecule has 5 N–H and O–H groups in total. The summed E-state index contributed by atoms with van der Waals surface area (Å²) >= 11 is 14.4. The van der Waals surface area contributed by atoms with E-state index < -0.39 is 0 Å². The third-order valence-corrected chi connectivity index (χ3v) is 5.08. The molecule has 2 unspecified atom stereocenters. The second-order valence-corrected chi connectivity index (χ2v) is 7.51. The third-order valence-electron chi connectivity index (χ3n) is 4.07. The van der Waals surface area contributed by atoms with Crippen molar-refractivity contribution in [3.63, 3.8) is 0 Å². The van der Waals surface area contributed by atoms with Crippen molar-refractivity contribution >= 4 is 56.5 Å². The Bertz CT molecular complexity index is 750. The van der Waals surface area contributed by atoms with Crippen LogP contribution in [0.1, 0.15) is 12.8 Å². The number of nitrogens with two attached hydrogens (primary N) is 2. The number of aromatic nitrogens is 4. The van der Waals surface area contributed by atoms with Crippen LogP contribution >= 0.6 is 39.1 Å². The van der Waals surface area contributed by atoms with Gasteiger partial charge in [-0.05, 0) is 34.8 Å². The van der Waals surface area contributed by atoms with Gasteiger partial charge < -0.3 is 21.7 Å². The maximum atomic E-state index is 5.85. The smallest absolute Gasteiger partial charge is 0.169 e. The number of hydrogen-bond acceptors (Lipinski definition) is 8. The summed E-state index contributed by atoms with van der Waals surface area (Å²) in [6, 6.07) is 4.54. The van der Waals surface area contributed by atoms with E-state index in [1.54, 1.807) is 12.1 Å². The van der Waals surface area contributed by atoms with E-state index in [9.17, 15) is 0 Å². The molecule has 2 aliphatic rings. The molecule has 0 saturated carbocycles. The van der Waals surface area contributed by atoms with Crippen molar-refractivity contribution in [3.8, 4) is 0 Å². The molecule has 11 heteroatoms. The number of anilines is 3. The number of nitrogens with zero attached hydrogens (tertiary/aromatic N) is 5. The predicted molar refractivity (Wildman–Crippen MR) is 103 cm³/mol. The molecule has 0 spiro atoms. The summed E-state index contributed by atoms with van der Waals surface area (Å²) < 4.78 is 0.669. The highest BCUT2D eigenvalue weighted by atomic mass is 79.9. The van der Waals surface area contributed by atoms with Crippen molar-refractivity contribution in [1.82, 2.24) is 25.7 Å². The Balaban J connectivity index is 0.000000173. The Kier molecular flexibility index (Phi) is 5.78. The van der Waals surface area contributed by atoms with E-state index in [2.05, 4.69) is 46.5 Å². The summed E-state index contributed by atoms with van der Waals surface area (Å²) in [5.74, 6) is 0.810. The van der Waals surface area contributed by atoms with Crippen LogP contribution in [-0.4, -0.2) is 45.6 Å². The van der Waals surface area contributed by atoms with Gasteiger partial charge in [-0.2, -0.15) is 0 Å². The van der Waals surface area contributed by atoms with Gasteiger partial charge in [0.1, 0.15) is 0 Å². The first kappa shape index (κ1) is 18.4. The maximum Gasteiger partial charge on any atom is 0.169 e. The predicted octanol–water partition coefficient (Wildman–Crippen LogP) is 2.13. The van der Waals surface area contributed by atoms with E-state index in [0.29, 0.717) is 38.5 Å². The van der Waals surface area contributed by atoms with Gasteiger partial charge >= 0.3 is 0 Å². The molecular formula is C14H17BrCl2N8. The van der Waals surface area contributed by atoms with E-state index in [0.717, 1.165) is 18.8 Å². The molecule has 134 valence electrons. The largest absolute Gasteiger partial charge is 0.381 e. The van der Waals surface area contributed by atoms with E-state index in [1.807, 2.05) is 0 Å². The topological polar surface area (TPSA) is 119 Å².